The molecule has 7 heteroatoms. The minimum absolute atomic E-state index is 0.00969. The highest BCUT2D eigenvalue weighted by Gasteiger charge is 2.10. The van der Waals surface area contributed by atoms with Gasteiger partial charge in [0, 0.05) is 7.05 Å². The summed E-state index contributed by atoms with van der Waals surface area (Å²) in [4.78, 5) is 0. The number of azo groups is 2. The first-order chi connectivity index (χ1) is 11.6. The van der Waals surface area contributed by atoms with E-state index in [1.54, 1.807) is 38.2 Å². The Morgan fingerprint density at radius 3 is 1.79 bits per heavy atom. The van der Waals surface area contributed by atoms with Gasteiger partial charge >= 0.3 is 0 Å². The van der Waals surface area contributed by atoms with Crippen LogP contribution in [0.5, 0.6) is 5.88 Å². The van der Waals surface area contributed by atoms with Gasteiger partial charge in [0.25, 0.3) is 0 Å². The average Bonchev–Trinajstić information content (AvgIpc) is 2.85. The zero-order valence-electron chi connectivity index (χ0n) is 13.3. The molecule has 1 heterocycles. The molecular weight excluding hydrogens is 304 g/mol. The van der Waals surface area contributed by atoms with Crippen LogP contribution in [0.1, 0.15) is 5.69 Å². The zero-order chi connectivity index (χ0) is 16.9. The summed E-state index contributed by atoms with van der Waals surface area (Å²) in [5.74, 6) is -0.00969. The second-order valence-electron chi connectivity index (χ2n) is 5.13. The van der Waals surface area contributed by atoms with Crippen LogP contribution in [0.3, 0.4) is 0 Å². The molecule has 3 rings (SSSR count). The maximum Gasteiger partial charge on any atom is 0.237 e. The molecule has 2 aromatic carbocycles. The van der Waals surface area contributed by atoms with E-state index in [1.165, 1.54) is 4.68 Å². The van der Waals surface area contributed by atoms with E-state index in [1.807, 2.05) is 30.3 Å². The normalized spacial score (nSPS) is 11.6. The van der Waals surface area contributed by atoms with E-state index in [0.717, 1.165) is 11.4 Å². The lowest BCUT2D eigenvalue weighted by Gasteiger charge is -1.95. The molecule has 0 radical (unpaired) electrons. The highest BCUT2D eigenvalue weighted by molar-refractivity contribution is 5.52. The van der Waals surface area contributed by atoms with Gasteiger partial charge in [-0.1, -0.05) is 18.2 Å². The largest absolute Gasteiger partial charge is 0.492 e. The van der Waals surface area contributed by atoms with Gasteiger partial charge in [0.15, 0.2) is 5.69 Å². The van der Waals surface area contributed by atoms with Crippen molar-refractivity contribution < 1.29 is 5.11 Å². The second kappa shape index (κ2) is 6.82. The van der Waals surface area contributed by atoms with Gasteiger partial charge < -0.3 is 5.11 Å². The van der Waals surface area contributed by atoms with Crippen molar-refractivity contribution in [3.05, 3.63) is 60.3 Å². The van der Waals surface area contributed by atoms with Crippen LogP contribution in [-0.2, 0) is 7.05 Å². The maximum atomic E-state index is 9.84. The number of hydrogen-bond acceptors (Lipinski definition) is 6. The predicted molar refractivity (Wildman–Crippen MR) is 90.8 cm³/mol. The van der Waals surface area contributed by atoms with E-state index in [0.29, 0.717) is 17.1 Å². The Bertz CT molecular complexity index is 881. The van der Waals surface area contributed by atoms with Crippen molar-refractivity contribution in [2.45, 2.75) is 6.92 Å². The summed E-state index contributed by atoms with van der Waals surface area (Å²) in [6.07, 6.45) is 0. The lowest BCUT2D eigenvalue weighted by Crippen LogP contribution is -1.88. The summed E-state index contributed by atoms with van der Waals surface area (Å²) < 4.78 is 1.36. The summed E-state index contributed by atoms with van der Waals surface area (Å²) >= 11 is 0. The van der Waals surface area contributed by atoms with Gasteiger partial charge in [-0.3, -0.25) is 0 Å². The fraction of sp³-hybridized carbons (Fsp3) is 0.118. The van der Waals surface area contributed by atoms with Gasteiger partial charge in [-0.05, 0) is 43.3 Å². The van der Waals surface area contributed by atoms with E-state index in [9.17, 15) is 5.11 Å². The number of aryl methyl sites for hydroxylation is 2. The molecule has 0 aliphatic heterocycles. The first kappa shape index (κ1) is 15.5. The molecule has 0 aliphatic rings. The predicted octanol–water partition coefficient (Wildman–Crippen LogP) is 5.26. The fourth-order valence-corrected chi connectivity index (χ4v) is 2.06. The van der Waals surface area contributed by atoms with Gasteiger partial charge in [0.1, 0.15) is 0 Å². The second-order valence-corrected chi connectivity index (χ2v) is 5.13. The highest BCUT2D eigenvalue weighted by Crippen LogP contribution is 2.31. The Morgan fingerprint density at radius 2 is 1.29 bits per heavy atom. The summed E-state index contributed by atoms with van der Waals surface area (Å²) in [7, 11) is 1.65. The molecule has 0 fully saturated rings. The molecule has 0 saturated heterocycles. The van der Waals surface area contributed by atoms with Crippen LogP contribution >= 0.6 is 0 Å². The van der Waals surface area contributed by atoms with Crippen molar-refractivity contribution in [3.63, 3.8) is 0 Å². The molecular formula is C17H16N6O. The van der Waals surface area contributed by atoms with Crippen molar-refractivity contribution in [1.82, 2.24) is 9.78 Å². The lowest BCUT2D eigenvalue weighted by molar-refractivity contribution is 0.420. The van der Waals surface area contributed by atoms with E-state index >= 15 is 0 Å². The summed E-state index contributed by atoms with van der Waals surface area (Å²) in [5, 5.41) is 30.4. The first-order valence-corrected chi connectivity index (χ1v) is 7.34. The Kier molecular flexibility index (Phi) is 4.42. The molecule has 0 spiro atoms. The fourth-order valence-electron chi connectivity index (χ4n) is 2.06. The number of aromatic hydroxyl groups is 1. The van der Waals surface area contributed by atoms with Crippen molar-refractivity contribution in [2.24, 2.45) is 27.5 Å². The summed E-state index contributed by atoms with van der Waals surface area (Å²) in [6, 6.07) is 16.7. The van der Waals surface area contributed by atoms with E-state index in [4.69, 9.17) is 0 Å². The van der Waals surface area contributed by atoms with Gasteiger partial charge in [-0.2, -0.15) is 20.4 Å². The van der Waals surface area contributed by atoms with Gasteiger partial charge in [0.05, 0.1) is 22.8 Å². The summed E-state index contributed by atoms with van der Waals surface area (Å²) in [6.45, 7) is 1.77. The number of nitrogens with zero attached hydrogens (tertiary/aromatic N) is 6. The third-order valence-corrected chi connectivity index (χ3v) is 3.31. The summed E-state index contributed by atoms with van der Waals surface area (Å²) in [5.41, 5.74) is 3.15. The molecule has 0 saturated carbocycles. The minimum Gasteiger partial charge on any atom is -0.492 e. The third-order valence-electron chi connectivity index (χ3n) is 3.31. The molecule has 0 bridgehead atoms. The highest BCUT2D eigenvalue weighted by atomic mass is 16.3. The van der Waals surface area contributed by atoms with Gasteiger partial charge in [-0.25, -0.2) is 4.68 Å². The number of hydrogen-bond donors (Lipinski definition) is 1. The Balaban J connectivity index is 1.73. The van der Waals surface area contributed by atoms with Crippen molar-refractivity contribution in [3.8, 4) is 5.88 Å². The average molecular weight is 320 g/mol. The first-order valence-electron chi connectivity index (χ1n) is 7.34. The molecule has 24 heavy (non-hydrogen) atoms. The van der Waals surface area contributed by atoms with Crippen molar-refractivity contribution >= 4 is 22.7 Å². The quantitative estimate of drug-likeness (QED) is 0.664. The van der Waals surface area contributed by atoms with Gasteiger partial charge in [-0.15, -0.1) is 5.11 Å². The van der Waals surface area contributed by atoms with Gasteiger partial charge in [0.2, 0.25) is 5.88 Å². The van der Waals surface area contributed by atoms with Crippen LogP contribution in [0.4, 0.5) is 22.7 Å². The van der Waals surface area contributed by atoms with Crippen LogP contribution in [0, 0.1) is 6.92 Å². The molecule has 0 unspecified atom stereocenters. The number of rotatable bonds is 4. The number of benzene rings is 2. The monoisotopic (exact) mass is 320 g/mol. The number of aromatic nitrogens is 2. The van der Waals surface area contributed by atoms with E-state index < -0.39 is 0 Å². The van der Waals surface area contributed by atoms with E-state index in [2.05, 4.69) is 25.6 Å². The van der Waals surface area contributed by atoms with E-state index in [-0.39, 0.29) is 5.88 Å². The molecule has 7 nitrogen and oxygen atoms in total. The zero-order valence-corrected chi connectivity index (χ0v) is 13.3. The van der Waals surface area contributed by atoms with Crippen LogP contribution in [0.2, 0.25) is 0 Å². The smallest absolute Gasteiger partial charge is 0.237 e. The standard InChI is InChI=1S/C17H16N6O/c1-12-16(17(24)23(2)22-12)21-20-15-10-8-14(9-11-15)19-18-13-6-4-3-5-7-13/h3-11,24H,1-2H3. The topological polar surface area (TPSA) is 87.5 Å². The van der Waals surface area contributed by atoms with Crippen LogP contribution in [-0.4, -0.2) is 14.9 Å². The SMILES string of the molecule is Cc1nn(C)c(O)c1N=Nc1ccc(N=Nc2ccccc2)cc1. The molecule has 120 valence electrons. The Hall–Kier alpha value is -3.35. The molecule has 0 aliphatic carbocycles. The Labute approximate surface area is 139 Å². The van der Waals surface area contributed by atoms with Crippen molar-refractivity contribution in [2.75, 3.05) is 0 Å². The van der Waals surface area contributed by atoms with Crippen LogP contribution in [0.25, 0.3) is 0 Å². The molecule has 1 aromatic heterocycles. The Morgan fingerprint density at radius 1 is 0.792 bits per heavy atom. The molecule has 1 N–H and O–H groups in total. The third kappa shape index (κ3) is 3.52. The van der Waals surface area contributed by atoms with Crippen LogP contribution in [0.15, 0.2) is 75.1 Å². The minimum atomic E-state index is -0.00969. The maximum absolute atomic E-state index is 9.84. The molecule has 0 amide bonds. The molecule has 0 atom stereocenters. The molecule has 3 aromatic rings. The lowest BCUT2D eigenvalue weighted by atomic mass is 10.3. The van der Waals surface area contributed by atoms with Crippen LogP contribution < -0.4 is 0 Å². The van der Waals surface area contributed by atoms with Crippen molar-refractivity contribution in [1.29, 1.82) is 0 Å².